The smallest absolute Gasteiger partial charge is 0.417 e. The topological polar surface area (TPSA) is 465 Å². The van der Waals surface area contributed by atoms with Crippen molar-refractivity contribution in [1.29, 1.82) is 5.26 Å². The van der Waals surface area contributed by atoms with Crippen LogP contribution in [-0.2, 0) is 58.6 Å². The molecule has 0 unspecified atom stereocenters. The van der Waals surface area contributed by atoms with Gasteiger partial charge < -0.3 is 24.7 Å². The summed E-state index contributed by atoms with van der Waals surface area (Å²) < 4.78 is 237. The lowest BCUT2D eigenvalue weighted by Gasteiger charge is -2.16. The number of sulfonamides is 4. The highest BCUT2D eigenvalue weighted by molar-refractivity contribution is 7.93. The van der Waals surface area contributed by atoms with E-state index in [4.69, 9.17) is 79.6 Å². The van der Waals surface area contributed by atoms with Gasteiger partial charge in [0.1, 0.15) is 63.1 Å². The maximum atomic E-state index is 13.8. The van der Waals surface area contributed by atoms with Crippen LogP contribution < -0.4 is 23.6 Å². The predicted molar refractivity (Wildman–Crippen MR) is 477 cm³/mol. The monoisotopic (exact) mass is 2030 g/mol. The number of hydrogen-bond acceptors (Lipinski definition) is 23. The summed E-state index contributed by atoms with van der Waals surface area (Å²) in [6, 6.07) is 26.3. The third kappa shape index (κ3) is 21.8. The van der Waals surface area contributed by atoms with Crippen LogP contribution in [0.25, 0.3) is 44.1 Å². The molecule has 0 radical (unpaired) electrons. The minimum absolute atomic E-state index is 0.0217. The van der Waals surface area contributed by atoms with E-state index in [1.54, 1.807) is 82.7 Å². The number of fused-ring (bicyclic) bond motifs is 4. The van der Waals surface area contributed by atoms with Crippen molar-refractivity contribution in [2.75, 3.05) is 18.9 Å². The molecule has 0 aliphatic carbocycles. The third-order valence-electron chi connectivity index (χ3n) is 18.8. The molecule has 0 bridgehead atoms. The lowest BCUT2D eigenvalue weighted by Crippen LogP contribution is -2.19. The van der Waals surface area contributed by atoms with Gasteiger partial charge in [-0.3, -0.25) is 43.1 Å². The summed E-state index contributed by atoms with van der Waals surface area (Å²) in [5.74, 6) is -2.41. The van der Waals surface area contributed by atoms with Gasteiger partial charge in [-0.15, -0.1) is 0 Å². The number of carbonyl (C=O) groups excluding carboxylic acids is 4. The van der Waals surface area contributed by atoms with Crippen molar-refractivity contribution in [1.82, 2.24) is 64.8 Å². The molecule has 16 rings (SSSR count). The van der Waals surface area contributed by atoms with Crippen LogP contribution in [0.4, 0.5) is 62.3 Å². The average Bonchev–Trinajstić information content (AvgIpc) is 1.55. The van der Waals surface area contributed by atoms with Gasteiger partial charge in [0, 0.05) is 99.7 Å². The lowest BCUT2D eigenvalue weighted by atomic mass is 10.0. The normalized spacial score (nSPS) is 12.0. The first-order chi connectivity index (χ1) is 63.0. The molecule has 0 saturated carbocycles. The number of alkyl halides is 9. The summed E-state index contributed by atoms with van der Waals surface area (Å²) in [4.78, 5) is 99.1. The zero-order valence-corrected chi connectivity index (χ0v) is 75.6. The van der Waals surface area contributed by atoms with Crippen molar-refractivity contribution in [3.8, 4) is 11.8 Å². The number of nitrogens with one attached hydrogen (secondary N) is 8. The SMILES string of the molecule is Cc1ccc(S(=O)(=O)Nc2cc(Cl)cnc2C(=O)c2ccnc3[nH]ccc23)cc1Cl.Cc1cnc(C(=O)c2c(OC(C)C)cnc3[nH]ccc23)c(NS(=O)(=O)c2ccc(Cl)c(C(F)(F)F)c2)c1.N#Cc1ccc(S(=O)(=O)Nc2cc(Cl)cnc2C(=O)c2ccnc3[nH]ccc23)cc1C(F)(F)F.O=C(c1ncc(Cl)cc1NS(=O)(=O)c1ccc(Cl)c(C(F)(F)F)c1)c1ncnc2[nH]ccc12. The van der Waals surface area contributed by atoms with Crippen LogP contribution in [0.3, 0.4) is 0 Å². The number of halogens is 15. The summed E-state index contributed by atoms with van der Waals surface area (Å²) in [6.07, 6.45) is 1.60. The number of hydrogen-bond donors (Lipinski definition) is 8. The van der Waals surface area contributed by atoms with Crippen molar-refractivity contribution in [3.63, 3.8) is 0 Å². The van der Waals surface area contributed by atoms with Crippen molar-refractivity contribution < 1.29 is 97.1 Å². The van der Waals surface area contributed by atoms with Gasteiger partial charge in [-0.25, -0.2) is 73.5 Å². The van der Waals surface area contributed by atoms with Gasteiger partial charge in [0.15, 0.2) is 0 Å². The van der Waals surface area contributed by atoms with Crippen LogP contribution in [0, 0.1) is 25.2 Å². The molecular formula is C84H55Cl6F9N18O13S4. The van der Waals surface area contributed by atoms with Crippen molar-refractivity contribution in [3.05, 3.63) is 317 Å². The zero-order valence-electron chi connectivity index (χ0n) is 67.8. The molecule has 688 valence electrons. The molecule has 0 amide bonds. The highest BCUT2D eigenvalue weighted by Gasteiger charge is 2.39. The molecular weight excluding hydrogens is 1980 g/mol. The number of anilines is 4. The van der Waals surface area contributed by atoms with E-state index in [2.05, 4.69) is 83.7 Å². The fourth-order valence-electron chi connectivity index (χ4n) is 12.7. The minimum atomic E-state index is -4.96. The first kappa shape index (κ1) is 97.8. The van der Waals surface area contributed by atoms with E-state index in [0.29, 0.717) is 78.5 Å². The van der Waals surface area contributed by atoms with Gasteiger partial charge in [-0.2, -0.15) is 44.8 Å². The fourth-order valence-corrected chi connectivity index (χ4v) is 18.2. The van der Waals surface area contributed by atoms with E-state index in [0.717, 1.165) is 72.8 Å². The Bertz CT molecular complexity index is 7970. The van der Waals surface area contributed by atoms with Crippen LogP contribution in [-0.4, -0.2) is 128 Å². The highest BCUT2D eigenvalue weighted by Crippen LogP contribution is 2.42. The minimum Gasteiger partial charge on any atom is -0.489 e. The third-order valence-corrected chi connectivity index (χ3v) is 26.0. The molecule has 50 heteroatoms. The van der Waals surface area contributed by atoms with Crippen molar-refractivity contribution in [2.24, 2.45) is 0 Å². The number of aryl methyl sites for hydroxylation is 2. The number of H-pyrrole nitrogens is 4. The number of ketones is 4. The molecule has 12 aromatic heterocycles. The maximum absolute atomic E-state index is 13.8. The molecule has 134 heavy (non-hydrogen) atoms. The molecule has 0 aliphatic heterocycles. The highest BCUT2D eigenvalue weighted by atomic mass is 35.5. The first-order valence-electron chi connectivity index (χ1n) is 37.6. The molecule has 31 nitrogen and oxygen atoms in total. The van der Waals surface area contributed by atoms with E-state index in [9.17, 15) is 92.4 Å². The standard InChI is InChI=1S/C24H20ClF3N4O4S.C21H11ClF3N5O3S.C20H14Cl2N4O3S.C19H10Cl2F3N5O3S/c1-12(2)36-19-11-31-23-15(6-7-29-23)20(19)22(33)21-18(8-13(3)10-30-21)32-37(34,35)14-4-5-17(25)16(9-14)24(26,27)28;22-12-7-17(18(29-10-12)19(31)14-3-5-27-20-15(14)4-6-28-20)30-34(32,33)13-2-1-11(9-26)16(8-13)21(23,24)25;1-11-2-3-13(9-16(11)22)30(28,29)26-17-8-12(21)10-25-18(17)19(27)14-4-6-23-20-15(14)5-7-24-20;20-9-5-14(29-33(31,32)10-1-2-13(21)12(6-10)19(22,23)24)16(26-7-9)17(30)15-11-3-4-25-18(11)28-8-27-15/h4-12,32H,1-3H3,(H,29,31);1-8,10,30H,(H,27,28);2-10,26H,1H3,(H,23,24);1-8,29H,(H,25,27,28). The largest absolute Gasteiger partial charge is 0.489 e. The van der Waals surface area contributed by atoms with E-state index in [1.807, 2.05) is 0 Å². The number of aromatic amines is 4. The second-order valence-corrected chi connectivity index (χ2v) is 37.6. The number of nitriles is 1. The Morgan fingerprint density at radius 3 is 1.19 bits per heavy atom. The lowest BCUT2D eigenvalue weighted by molar-refractivity contribution is -0.138. The van der Waals surface area contributed by atoms with Crippen LogP contribution in [0.1, 0.15) is 112 Å². The van der Waals surface area contributed by atoms with Crippen LogP contribution in [0.15, 0.2) is 228 Å². The Labute approximate surface area is 780 Å². The molecule has 0 spiro atoms. The van der Waals surface area contributed by atoms with Gasteiger partial charge in [-0.1, -0.05) is 75.7 Å². The molecule has 8 N–H and O–H groups in total. The molecule has 16 aromatic rings. The number of nitrogens with zero attached hydrogens (tertiary/aromatic N) is 10. The van der Waals surface area contributed by atoms with Gasteiger partial charge >= 0.3 is 18.5 Å². The molecule has 12 heterocycles. The quantitative estimate of drug-likeness (QED) is 0.0231. The Morgan fingerprint density at radius 1 is 0.388 bits per heavy atom. The number of rotatable bonds is 22. The fraction of sp³-hybridized carbons (Fsp3) is 0.0952. The van der Waals surface area contributed by atoms with Gasteiger partial charge in [-0.05, 0) is 166 Å². The average molecular weight is 2040 g/mol. The van der Waals surface area contributed by atoms with Crippen LogP contribution >= 0.6 is 69.6 Å². The Hall–Kier alpha value is -13.8. The van der Waals surface area contributed by atoms with E-state index >= 15 is 0 Å². The summed E-state index contributed by atoms with van der Waals surface area (Å²) in [5.41, 5.74) is -3.30. The Morgan fingerprint density at radius 2 is 0.761 bits per heavy atom. The Kier molecular flexibility index (Phi) is 28.3. The predicted octanol–water partition coefficient (Wildman–Crippen LogP) is 19.6. The maximum Gasteiger partial charge on any atom is 0.417 e. The summed E-state index contributed by atoms with van der Waals surface area (Å²) in [7, 11) is -17.9. The molecule has 0 saturated heterocycles. The molecule has 0 fully saturated rings. The van der Waals surface area contributed by atoms with E-state index < -0.39 is 129 Å². The number of pyridine rings is 7. The van der Waals surface area contributed by atoms with Crippen molar-refractivity contribution in [2.45, 2.75) is 71.9 Å². The zero-order chi connectivity index (χ0) is 97.2. The van der Waals surface area contributed by atoms with Crippen LogP contribution in [0.2, 0.25) is 30.1 Å². The Balaban J connectivity index is 0.000000152. The summed E-state index contributed by atoms with van der Waals surface area (Å²) in [6.45, 7) is 6.91. The number of benzene rings is 4. The summed E-state index contributed by atoms with van der Waals surface area (Å²) >= 11 is 35.1. The van der Waals surface area contributed by atoms with Gasteiger partial charge in [0.2, 0.25) is 23.1 Å². The summed E-state index contributed by atoms with van der Waals surface area (Å²) in [5, 5.41) is 9.89. The molecule has 4 aromatic carbocycles. The number of aromatic nitrogens is 13. The second kappa shape index (κ2) is 38.8. The van der Waals surface area contributed by atoms with Crippen molar-refractivity contribution >= 4 is 200 Å². The number of ether oxygens (including phenoxy) is 1. The second-order valence-electron chi connectivity index (χ2n) is 28.4. The van der Waals surface area contributed by atoms with Crippen LogP contribution in [0.5, 0.6) is 5.75 Å². The number of carbonyl (C=O) groups is 4. The first-order valence-corrected chi connectivity index (χ1v) is 45.8. The molecule has 0 atom stereocenters. The molecule has 0 aliphatic rings. The van der Waals surface area contributed by atoms with Gasteiger partial charge in [0.05, 0.1) is 114 Å². The van der Waals surface area contributed by atoms with E-state index in [1.165, 1.54) is 73.6 Å². The van der Waals surface area contributed by atoms with E-state index in [-0.39, 0.29) is 94.2 Å². The van der Waals surface area contributed by atoms with Gasteiger partial charge in [0.25, 0.3) is 40.1 Å².